The van der Waals surface area contributed by atoms with Gasteiger partial charge in [0.15, 0.2) is 0 Å². The molecule has 0 amide bonds. The quantitative estimate of drug-likeness (QED) is 0.791. The highest BCUT2D eigenvalue weighted by Crippen LogP contribution is 2.45. The van der Waals surface area contributed by atoms with Crippen LogP contribution in [0.4, 0.5) is 8.78 Å². The van der Waals surface area contributed by atoms with Gasteiger partial charge in [0.25, 0.3) is 0 Å². The molecule has 0 radical (unpaired) electrons. The molecule has 2 fully saturated rings. The van der Waals surface area contributed by atoms with Crippen molar-refractivity contribution >= 4 is 11.6 Å². The van der Waals surface area contributed by atoms with Crippen LogP contribution in [0, 0.1) is 5.82 Å². The van der Waals surface area contributed by atoms with Gasteiger partial charge >= 0.3 is 0 Å². The van der Waals surface area contributed by atoms with Crippen molar-refractivity contribution in [1.29, 1.82) is 0 Å². The molecule has 2 aliphatic rings. The van der Waals surface area contributed by atoms with E-state index in [2.05, 4.69) is 10.5 Å². The molecule has 0 spiro atoms. The number of alkyl halides is 1. The van der Waals surface area contributed by atoms with Gasteiger partial charge in [0.2, 0.25) is 0 Å². The molecule has 0 unspecified atom stereocenters. The fraction of sp³-hybridized carbons (Fsp3) is 0.526. The summed E-state index contributed by atoms with van der Waals surface area (Å²) in [7, 11) is 0. The minimum absolute atomic E-state index is 0.00834. The molecule has 2 aromatic rings. The molecular formula is C19H21ClF2N2O2. The van der Waals surface area contributed by atoms with Crippen LogP contribution in [0.2, 0.25) is 5.02 Å². The molecule has 2 heterocycles. The summed E-state index contributed by atoms with van der Waals surface area (Å²) < 4.78 is 40.3. The third-order valence-corrected chi connectivity index (χ3v) is 5.39. The molecular weight excluding hydrogens is 362 g/mol. The molecule has 0 atom stereocenters. The van der Waals surface area contributed by atoms with Crippen LogP contribution in [0.25, 0.3) is 11.3 Å². The van der Waals surface area contributed by atoms with E-state index in [1.165, 1.54) is 6.07 Å². The minimum atomic E-state index is -1.32. The summed E-state index contributed by atoms with van der Waals surface area (Å²) >= 11 is 6.19. The molecule has 4 rings (SSSR count). The second-order valence-electron chi connectivity index (χ2n) is 7.14. The first-order valence-corrected chi connectivity index (χ1v) is 9.35. The van der Waals surface area contributed by atoms with Crippen LogP contribution >= 0.6 is 11.6 Å². The highest BCUT2D eigenvalue weighted by Gasteiger charge is 2.35. The van der Waals surface area contributed by atoms with Gasteiger partial charge in [0.05, 0.1) is 23.8 Å². The summed E-state index contributed by atoms with van der Waals surface area (Å²) in [6, 6.07) is 4.49. The average Bonchev–Trinajstić information content (AvgIpc) is 3.38. The zero-order valence-corrected chi connectivity index (χ0v) is 15.1. The summed E-state index contributed by atoms with van der Waals surface area (Å²) in [5, 5.41) is 7.48. The Hall–Kier alpha value is -1.50. The Balaban J connectivity index is 1.57. The second kappa shape index (κ2) is 7.25. The first-order chi connectivity index (χ1) is 12.6. The van der Waals surface area contributed by atoms with Gasteiger partial charge in [0, 0.05) is 11.5 Å². The molecule has 1 saturated carbocycles. The molecule has 1 aromatic carbocycles. The molecule has 0 bridgehead atoms. The zero-order chi connectivity index (χ0) is 18.1. The van der Waals surface area contributed by atoms with Crippen molar-refractivity contribution in [2.24, 2.45) is 0 Å². The number of nitrogens with one attached hydrogen (secondary N) is 1. The van der Waals surface area contributed by atoms with E-state index in [0.717, 1.165) is 12.8 Å². The van der Waals surface area contributed by atoms with Crippen LogP contribution in [-0.4, -0.2) is 30.5 Å². The minimum Gasteiger partial charge on any atom is -0.373 e. The SMILES string of the molecule is Fc1cccc(Cl)c1-c1noc(C2CC2)c1COCC1(F)CCNCC1. The van der Waals surface area contributed by atoms with Crippen LogP contribution in [0.15, 0.2) is 22.7 Å². The highest BCUT2D eigenvalue weighted by molar-refractivity contribution is 6.33. The van der Waals surface area contributed by atoms with Gasteiger partial charge in [-0.2, -0.15) is 0 Å². The van der Waals surface area contributed by atoms with Crippen molar-refractivity contribution in [3.8, 4) is 11.3 Å². The van der Waals surface area contributed by atoms with Crippen molar-refractivity contribution in [1.82, 2.24) is 10.5 Å². The highest BCUT2D eigenvalue weighted by atomic mass is 35.5. The zero-order valence-electron chi connectivity index (χ0n) is 14.4. The first kappa shape index (κ1) is 17.9. The lowest BCUT2D eigenvalue weighted by atomic mass is 9.95. The number of hydrogen-bond donors (Lipinski definition) is 1. The number of halogens is 3. The molecule has 140 valence electrons. The lowest BCUT2D eigenvalue weighted by molar-refractivity contribution is -0.0110. The Morgan fingerprint density at radius 1 is 1.31 bits per heavy atom. The summed E-state index contributed by atoms with van der Waals surface area (Å²) in [5.41, 5.74) is -0.0803. The van der Waals surface area contributed by atoms with Gasteiger partial charge in [0.1, 0.15) is 22.9 Å². The number of rotatable bonds is 6. The van der Waals surface area contributed by atoms with Gasteiger partial charge < -0.3 is 14.6 Å². The van der Waals surface area contributed by atoms with E-state index in [0.29, 0.717) is 42.9 Å². The van der Waals surface area contributed by atoms with E-state index in [4.69, 9.17) is 20.9 Å². The maximum Gasteiger partial charge on any atom is 0.145 e. The molecule has 4 nitrogen and oxygen atoms in total. The monoisotopic (exact) mass is 382 g/mol. The lowest BCUT2D eigenvalue weighted by Crippen LogP contribution is -2.41. The van der Waals surface area contributed by atoms with Crippen LogP contribution in [-0.2, 0) is 11.3 Å². The van der Waals surface area contributed by atoms with Crippen LogP contribution < -0.4 is 5.32 Å². The number of hydrogen-bond acceptors (Lipinski definition) is 4. The number of ether oxygens (including phenoxy) is 1. The fourth-order valence-corrected chi connectivity index (χ4v) is 3.66. The lowest BCUT2D eigenvalue weighted by Gasteiger charge is -2.29. The molecule has 1 N–H and O–H groups in total. The Morgan fingerprint density at radius 2 is 2.08 bits per heavy atom. The molecule has 1 aliphatic heterocycles. The van der Waals surface area contributed by atoms with Crippen LogP contribution in [0.1, 0.15) is 42.9 Å². The van der Waals surface area contributed by atoms with E-state index in [-0.39, 0.29) is 29.7 Å². The molecule has 1 aromatic heterocycles. The topological polar surface area (TPSA) is 47.3 Å². The predicted molar refractivity (Wildman–Crippen MR) is 94.5 cm³/mol. The summed E-state index contributed by atoms with van der Waals surface area (Å²) in [6.07, 6.45) is 2.87. The number of piperidine rings is 1. The smallest absolute Gasteiger partial charge is 0.145 e. The van der Waals surface area contributed by atoms with Crippen molar-refractivity contribution < 1.29 is 18.0 Å². The summed E-state index contributed by atoms with van der Waals surface area (Å²) in [5.74, 6) is 0.519. The standard InChI is InChI=1S/C19H21ClF2N2O2/c20-14-2-1-3-15(21)16(14)17-13(18(26-24-17)12-4-5-12)10-25-11-19(22)6-8-23-9-7-19/h1-3,12,23H,4-11H2. The Kier molecular flexibility index (Phi) is 4.99. The van der Waals surface area contributed by atoms with E-state index >= 15 is 0 Å². The Morgan fingerprint density at radius 3 is 2.77 bits per heavy atom. The Labute approximate surface area is 155 Å². The second-order valence-corrected chi connectivity index (χ2v) is 7.55. The largest absolute Gasteiger partial charge is 0.373 e. The normalized spacial score (nSPS) is 19.7. The number of benzene rings is 1. The molecule has 1 aliphatic carbocycles. The molecule has 26 heavy (non-hydrogen) atoms. The van der Waals surface area contributed by atoms with Crippen LogP contribution in [0.3, 0.4) is 0 Å². The molecule has 7 heteroatoms. The average molecular weight is 383 g/mol. The summed E-state index contributed by atoms with van der Waals surface area (Å²) in [6.45, 7) is 1.44. The fourth-order valence-electron chi connectivity index (χ4n) is 3.40. The molecule has 1 saturated heterocycles. The van der Waals surface area contributed by atoms with E-state index in [1.54, 1.807) is 12.1 Å². The summed E-state index contributed by atoms with van der Waals surface area (Å²) in [4.78, 5) is 0. The van der Waals surface area contributed by atoms with Crippen molar-refractivity contribution in [3.05, 3.63) is 40.4 Å². The van der Waals surface area contributed by atoms with Crippen molar-refractivity contribution in [3.63, 3.8) is 0 Å². The first-order valence-electron chi connectivity index (χ1n) is 8.98. The third kappa shape index (κ3) is 3.63. The predicted octanol–water partition coefficient (Wildman–Crippen LogP) is 4.62. The van der Waals surface area contributed by atoms with E-state index < -0.39 is 11.5 Å². The number of nitrogens with zero attached hydrogens (tertiary/aromatic N) is 1. The maximum atomic E-state index is 14.7. The third-order valence-electron chi connectivity index (χ3n) is 5.07. The van der Waals surface area contributed by atoms with Gasteiger partial charge in [-0.15, -0.1) is 0 Å². The van der Waals surface area contributed by atoms with Crippen molar-refractivity contribution in [2.75, 3.05) is 19.7 Å². The van der Waals surface area contributed by atoms with Gasteiger partial charge in [-0.1, -0.05) is 22.8 Å². The Bertz CT molecular complexity index is 766. The van der Waals surface area contributed by atoms with E-state index in [9.17, 15) is 8.78 Å². The van der Waals surface area contributed by atoms with Gasteiger partial charge in [-0.05, 0) is 50.9 Å². The van der Waals surface area contributed by atoms with Crippen LogP contribution in [0.5, 0.6) is 0 Å². The number of aromatic nitrogens is 1. The van der Waals surface area contributed by atoms with Gasteiger partial charge in [-0.25, -0.2) is 8.78 Å². The van der Waals surface area contributed by atoms with Crippen molar-refractivity contribution in [2.45, 2.75) is 43.9 Å². The van der Waals surface area contributed by atoms with Gasteiger partial charge in [-0.3, -0.25) is 0 Å². The maximum absolute atomic E-state index is 14.7. The van der Waals surface area contributed by atoms with E-state index in [1.807, 2.05) is 0 Å².